The number of ketones is 1. The number of aliphatic hydroxyl groups excluding tert-OH is 1. The van der Waals surface area contributed by atoms with Crippen molar-refractivity contribution in [3.05, 3.63) is 73.6 Å². The largest absolute Gasteiger partial charge is 0.390 e. The number of carbonyl (C=O) groups is 1. The third-order valence-corrected chi connectivity index (χ3v) is 9.23. The van der Waals surface area contributed by atoms with Crippen LogP contribution >= 0.6 is 22.9 Å². The first-order chi connectivity index (χ1) is 18.6. The van der Waals surface area contributed by atoms with Crippen LogP contribution in [0.4, 0.5) is 10.2 Å². The van der Waals surface area contributed by atoms with E-state index in [1.54, 1.807) is 12.1 Å². The molecule has 1 saturated carbocycles. The van der Waals surface area contributed by atoms with Crippen molar-refractivity contribution in [1.82, 2.24) is 14.7 Å². The fourth-order valence-electron chi connectivity index (χ4n) is 4.94. The van der Waals surface area contributed by atoms with Crippen molar-refractivity contribution in [1.29, 1.82) is 0 Å². The number of anilines is 1. The van der Waals surface area contributed by atoms with Gasteiger partial charge < -0.3 is 15.2 Å². The summed E-state index contributed by atoms with van der Waals surface area (Å²) in [5, 5.41) is 13.5. The number of nitrogens with zero attached hydrogens (tertiary/aromatic N) is 2. The lowest BCUT2D eigenvalue weighted by Gasteiger charge is -2.27. The number of hydrogen-bond acceptors (Lipinski definition) is 10. The maximum absolute atomic E-state index is 15.0. The number of ether oxygens (including phenoxy) is 1. The Morgan fingerprint density at radius 2 is 2.13 bits per heavy atom. The summed E-state index contributed by atoms with van der Waals surface area (Å²) in [4.78, 5) is 23.0. The molecular weight excluding hydrogens is 571 g/mol. The zero-order valence-electron chi connectivity index (χ0n) is 21.0. The molecule has 2 aliphatic rings. The molecule has 3 heterocycles. The summed E-state index contributed by atoms with van der Waals surface area (Å²) in [6.45, 7) is 2.25. The summed E-state index contributed by atoms with van der Waals surface area (Å²) in [6.07, 6.45) is 0.939. The molecule has 2 aromatic heterocycles. The van der Waals surface area contributed by atoms with Crippen LogP contribution in [-0.2, 0) is 25.6 Å². The molecule has 5 rings (SSSR count). The van der Waals surface area contributed by atoms with Crippen molar-refractivity contribution in [2.24, 2.45) is 0 Å². The number of carbonyl (C=O) groups excluding carboxylic acids is 1. The molecule has 3 aromatic rings. The molecule has 1 aliphatic heterocycles. The Labute approximate surface area is 233 Å². The second-order valence-corrected chi connectivity index (χ2v) is 12.5. The van der Waals surface area contributed by atoms with E-state index in [0.29, 0.717) is 29.0 Å². The Kier molecular flexibility index (Phi) is 8.02. The molecule has 39 heavy (non-hydrogen) atoms. The van der Waals surface area contributed by atoms with Gasteiger partial charge in [0.05, 0.1) is 28.2 Å². The molecule has 0 radical (unpaired) electrons. The molecule has 1 fully saturated rings. The van der Waals surface area contributed by atoms with Crippen molar-refractivity contribution in [3.63, 3.8) is 0 Å². The number of hydrogen-bond donors (Lipinski definition) is 3. The molecule has 3 N–H and O–H groups in total. The van der Waals surface area contributed by atoms with Crippen LogP contribution in [0.15, 0.2) is 30.7 Å². The number of aliphatic hydroxyl groups is 1. The Morgan fingerprint density at radius 3 is 2.90 bits per heavy atom. The summed E-state index contributed by atoms with van der Waals surface area (Å²) in [5.74, 6) is -0.623. The van der Waals surface area contributed by atoms with Gasteiger partial charge in [0.25, 0.3) is 0 Å². The quantitative estimate of drug-likeness (QED) is 0.334. The van der Waals surface area contributed by atoms with E-state index in [4.69, 9.17) is 20.5 Å². The van der Waals surface area contributed by atoms with Crippen LogP contribution in [0.5, 0.6) is 0 Å². The van der Waals surface area contributed by atoms with Crippen molar-refractivity contribution in [2.75, 3.05) is 19.0 Å². The monoisotopic (exact) mass is 596 g/mol. The zero-order chi connectivity index (χ0) is 27.9. The van der Waals surface area contributed by atoms with Crippen LogP contribution < -0.4 is 10.0 Å². The Balaban J connectivity index is 1.38. The van der Waals surface area contributed by atoms with Crippen LogP contribution in [0.3, 0.4) is 0 Å². The van der Waals surface area contributed by atoms with E-state index < -0.39 is 40.5 Å². The summed E-state index contributed by atoms with van der Waals surface area (Å²) >= 11 is 7.31. The third kappa shape index (κ3) is 5.71. The van der Waals surface area contributed by atoms with Gasteiger partial charge in [-0.15, -0.1) is 11.3 Å². The summed E-state index contributed by atoms with van der Waals surface area (Å²) in [5.41, 5.74) is 2.08. The van der Waals surface area contributed by atoms with Gasteiger partial charge >= 0.3 is 10.3 Å². The van der Waals surface area contributed by atoms with Crippen LogP contribution in [0.25, 0.3) is 0 Å². The summed E-state index contributed by atoms with van der Waals surface area (Å²) < 4.78 is 51.6. The van der Waals surface area contributed by atoms with E-state index in [0.717, 1.165) is 10.4 Å². The van der Waals surface area contributed by atoms with Crippen LogP contribution in [0.1, 0.15) is 55.7 Å². The summed E-state index contributed by atoms with van der Waals surface area (Å²) in [7, 11) is -2.77. The maximum Gasteiger partial charge on any atom is 0.335 e. The van der Waals surface area contributed by atoms with Crippen LogP contribution in [0.2, 0.25) is 5.02 Å². The number of aromatic nitrogens is 2. The standard InChI is InChI=1S/C25H26ClFN4O6S2/c1-12-15(24-21-13(5-6-36-24)3-4-17(26)22(21)27)9-20(38-12)23(33)16-10-29-11-30-25(16)31-14-7-18(32)19(8-14)37-39(34,35)28-2/h3-4,9-11,14,18-19,24,28,32H,5-8H2,1-2H3,(H,29,30,31)/t14-,18+,19-,24-/m1/s1. The van der Waals surface area contributed by atoms with Crippen molar-refractivity contribution in [3.8, 4) is 0 Å². The smallest absolute Gasteiger partial charge is 0.335 e. The van der Waals surface area contributed by atoms with Gasteiger partial charge in [-0.2, -0.15) is 13.1 Å². The Morgan fingerprint density at radius 1 is 1.33 bits per heavy atom. The second kappa shape index (κ2) is 11.2. The number of nitrogens with one attached hydrogen (secondary N) is 2. The highest BCUT2D eigenvalue weighted by atomic mass is 35.5. The average Bonchev–Trinajstić information content (AvgIpc) is 3.47. The minimum atomic E-state index is -3.98. The van der Waals surface area contributed by atoms with E-state index >= 15 is 4.39 Å². The van der Waals surface area contributed by atoms with Gasteiger partial charge in [0.2, 0.25) is 5.78 Å². The van der Waals surface area contributed by atoms with Gasteiger partial charge in [-0.05, 0) is 49.4 Å². The predicted octanol–water partition coefficient (Wildman–Crippen LogP) is 3.32. The molecule has 1 aliphatic carbocycles. The number of rotatable bonds is 8. The maximum atomic E-state index is 15.0. The lowest BCUT2D eigenvalue weighted by molar-refractivity contribution is 0.0636. The molecule has 0 unspecified atom stereocenters. The molecule has 1 aromatic carbocycles. The fourth-order valence-corrected chi connectivity index (χ4v) is 6.73. The van der Waals surface area contributed by atoms with E-state index in [1.165, 1.54) is 37.0 Å². The average molecular weight is 597 g/mol. The van der Waals surface area contributed by atoms with Gasteiger partial charge in [-0.1, -0.05) is 17.7 Å². The lowest BCUT2D eigenvalue weighted by atomic mass is 9.92. The zero-order valence-corrected chi connectivity index (χ0v) is 23.4. The lowest BCUT2D eigenvalue weighted by Crippen LogP contribution is -2.31. The van der Waals surface area contributed by atoms with E-state index in [-0.39, 0.29) is 35.0 Å². The third-order valence-electron chi connectivity index (χ3n) is 6.87. The first kappa shape index (κ1) is 28.0. The number of thiophene rings is 1. The van der Waals surface area contributed by atoms with Gasteiger partial charge in [0.1, 0.15) is 30.2 Å². The van der Waals surface area contributed by atoms with Crippen molar-refractivity contribution in [2.45, 2.75) is 50.5 Å². The first-order valence-corrected chi connectivity index (χ1v) is 14.8. The number of benzene rings is 1. The van der Waals surface area contributed by atoms with Crippen LogP contribution in [0, 0.1) is 12.7 Å². The van der Waals surface area contributed by atoms with Crippen molar-refractivity contribution >= 4 is 44.8 Å². The van der Waals surface area contributed by atoms with E-state index in [2.05, 4.69) is 20.0 Å². The van der Waals surface area contributed by atoms with Gasteiger partial charge in [-0.3, -0.25) is 8.98 Å². The Hall–Kier alpha value is -2.52. The number of halogens is 2. The van der Waals surface area contributed by atoms with E-state index in [9.17, 15) is 18.3 Å². The fraction of sp³-hybridized carbons (Fsp3) is 0.400. The van der Waals surface area contributed by atoms with Crippen LogP contribution in [-0.4, -0.2) is 61.2 Å². The molecule has 14 heteroatoms. The van der Waals surface area contributed by atoms with Gasteiger partial charge in [0, 0.05) is 29.7 Å². The normalized spacial score (nSPS) is 23.0. The van der Waals surface area contributed by atoms with E-state index in [1.807, 2.05) is 6.92 Å². The first-order valence-electron chi connectivity index (χ1n) is 12.2. The van der Waals surface area contributed by atoms with Gasteiger partial charge in [-0.25, -0.2) is 14.4 Å². The molecule has 10 nitrogen and oxygen atoms in total. The predicted molar refractivity (Wildman–Crippen MR) is 143 cm³/mol. The van der Waals surface area contributed by atoms with Gasteiger partial charge in [0.15, 0.2) is 0 Å². The minimum Gasteiger partial charge on any atom is -0.390 e. The molecule has 0 spiro atoms. The molecule has 4 atom stereocenters. The topological polar surface area (TPSA) is 140 Å². The molecule has 0 amide bonds. The molecule has 208 valence electrons. The Bertz CT molecular complexity index is 1520. The second-order valence-electron chi connectivity index (χ2n) is 9.34. The number of fused-ring (bicyclic) bond motifs is 1. The highest BCUT2D eigenvalue weighted by Crippen LogP contribution is 2.41. The molecule has 0 saturated heterocycles. The minimum absolute atomic E-state index is 0.0128. The van der Waals surface area contributed by atoms with Crippen molar-refractivity contribution < 1.29 is 31.6 Å². The number of aryl methyl sites for hydroxylation is 1. The molecule has 0 bridgehead atoms. The highest BCUT2D eigenvalue weighted by molar-refractivity contribution is 7.84. The highest BCUT2D eigenvalue weighted by Gasteiger charge is 2.37. The SMILES string of the molecule is CNS(=O)(=O)O[C@@H]1C[C@H](Nc2ncncc2C(=O)c2cc([C@H]3OCCc4ccc(Cl)c(F)c43)c(C)s2)C[C@@H]1O. The molecular formula is C25H26ClFN4O6S2. The summed E-state index contributed by atoms with van der Waals surface area (Å²) in [6, 6.07) is 4.63.